The second kappa shape index (κ2) is 7.06. The highest BCUT2D eigenvalue weighted by Crippen LogP contribution is 2.19. The van der Waals surface area contributed by atoms with Gasteiger partial charge in [-0.15, -0.1) is 0 Å². The normalized spacial score (nSPS) is 10.8. The molecule has 0 aliphatic heterocycles. The molecule has 1 aromatic carbocycles. The monoisotopic (exact) mass is 246 g/mol. The molecule has 1 aromatic rings. The zero-order valence-electron chi connectivity index (χ0n) is 10.3. The first-order chi connectivity index (χ1) is 8.65. The van der Waals surface area contributed by atoms with Crippen LogP contribution in [0.4, 0.5) is 0 Å². The molecule has 0 saturated heterocycles. The lowest BCUT2D eigenvalue weighted by molar-refractivity contribution is -0.129. The maximum Gasteiger partial charge on any atom is 0.335 e. The lowest BCUT2D eigenvalue weighted by atomic mass is 10.3. The third kappa shape index (κ3) is 4.65. The molecule has 0 radical (unpaired) electrons. The van der Waals surface area contributed by atoms with Gasteiger partial charge in [0.2, 0.25) is 0 Å². The minimum Gasteiger partial charge on any atom is -0.423 e. The molecule has 0 heterocycles. The fourth-order valence-electron chi connectivity index (χ4n) is 1.17. The van der Waals surface area contributed by atoms with Crippen molar-refractivity contribution in [1.29, 1.82) is 0 Å². The highest BCUT2D eigenvalue weighted by atomic mass is 16.5. The fraction of sp³-hybridized carbons (Fsp3) is 0.143. The number of carbonyl (C=O) groups excluding carboxylic acids is 2. The van der Waals surface area contributed by atoms with Gasteiger partial charge < -0.3 is 9.47 Å². The predicted molar refractivity (Wildman–Crippen MR) is 67.3 cm³/mol. The summed E-state index contributed by atoms with van der Waals surface area (Å²) >= 11 is 0. The van der Waals surface area contributed by atoms with Gasteiger partial charge >= 0.3 is 11.9 Å². The fourth-order valence-corrected chi connectivity index (χ4v) is 1.17. The van der Waals surface area contributed by atoms with Gasteiger partial charge in [-0.1, -0.05) is 18.2 Å². The summed E-state index contributed by atoms with van der Waals surface area (Å²) in [7, 11) is 0. The number of benzene rings is 1. The Morgan fingerprint density at radius 2 is 1.39 bits per heavy atom. The van der Waals surface area contributed by atoms with Crippen LogP contribution in [0.25, 0.3) is 0 Å². The number of hydrogen-bond acceptors (Lipinski definition) is 4. The third-order valence-electron chi connectivity index (χ3n) is 1.85. The van der Waals surface area contributed by atoms with Gasteiger partial charge in [-0.25, -0.2) is 9.59 Å². The molecule has 4 nitrogen and oxygen atoms in total. The highest BCUT2D eigenvalue weighted by Gasteiger charge is 2.04. The largest absolute Gasteiger partial charge is 0.423 e. The van der Waals surface area contributed by atoms with Crippen molar-refractivity contribution in [2.75, 3.05) is 0 Å². The molecular formula is C14H14O4. The second-order valence-electron chi connectivity index (χ2n) is 3.32. The summed E-state index contributed by atoms with van der Waals surface area (Å²) in [5.41, 5.74) is 0. The first-order valence-corrected chi connectivity index (χ1v) is 5.44. The van der Waals surface area contributed by atoms with Gasteiger partial charge in [-0.05, 0) is 26.0 Å². The quantitative estimate of drug-likeness (QED) is 0.465. The Morgan fingerprint density at radius 3 is 1.78 bits per heavy atom. The molecule has 0 fully saturated rings. The van der Waals surface area contributed by atoms with Crippen molar-refractivity contribution < 1.29 is 19.1 Å². The van der Waals surface area contributed by atoms with Crippen molar-refractivity contribution in [2.45, 2.75) is 13.8 Å². The van der Waals surface area contributed by atoms with Crippen LogP contribution in [0.15, 0.2) is 48.6 Å². The van der Waals surface area contributed by atoms with Gasteiger partial charge in [-0.2, -0.15) is 0 Å². The molecule has 94 valence electrons. The first-order valence-electron chi connectivity index (χ1n) is 5.44. The molecule has 0 saturated carbocycles. The molecule has 4 heteroatoms. The van der Waals surface area contributed by atoms with Crippen molar-refractivity contribution >= 4 is 11.9 Å². The Hall–Kier alpha value is -2.36. The van der Waals surface area contributed by atoms with Gasteiger partial charge in [0.1, 0.15) is 11.5 Å². The SMILES string of the molecule is C/C=C/C(=O)Oc1cccc(OC(=O)/C=C/C)c1. The Kier molecular flexibility index (Phi) is 5.38. The Morgan fingerprint density at radius 1 is 0.944 bits per heavy atom. The molecule has 0 amide bonds. The van der Waals surface area contributed by atoms with Crippen LogP contribution in [0.3, 0.4) is 0 Å². The number of hydrogen-bond donors (Lipinski definition) is 0. The van der Waals surface area contributed by atoms with E-state index in [1.165, 1.54) is 18.2 Å². The van der Waals surface area contributed by atoms with Gasteiger partial charge in [0.15, 0.2) is 0 Å². The van der Waals surface area contributed by atoms with Gasteiger partial charge in [0.05, 0.1) is 0 Å². The number of esters is 2. The Balaban J connectivity index is 2.73. The Labute approximate surface area is 106 Å². The number of carbonyl (C=O) groups is 2. The van der Waals surface area contributed by atoms with Gasteiger partial charge in [0.25, 0.3) is 0 Å². The van der Waals surface area contributed by atoms with Crippen molar-refractivity contribution in [1.82, 2.24) is 0 Å². The van der Waals surface area contributed by atoms with Gasteiger partial charge in [-0.3, -0.25) is 0 Å². The summed E-state index contributed by atoms with van der Waals surface area (Å²) in [6, 6.07) is 6.32. The van der Waals surface area contributed by atoms with E-state index < -0.39 is 11.9 Å². The maximum atomic E-state index is 11.2. The molecule has 0 spiro atoms. The van der Waals surface area contributed by atoms with E-state index in [2.05, 4.69) is 0 Å². The molecule has 0 N–H and O–H groups in total. The van der Waals surface area contributed by atoms with Crippen molar-refractivity contribution in [2.24, 2.45) is 0 Å². The summed E-state index contributed by atoms with van der Waals surface area (Å²) < 4.78 is 10.0. The second-order valence-corrected chi connectivity index (χ2v) is 3.32. The topological polar surface area (TPSA) is 52.6 Å². The maximum absolute atomic E-state index is 11.2. The minimum atomic E-state index is -0.477. The van der Waals surface area contributed by atoms with Gasteiger partial charge in [0, 0.05) is 18.2 Å². The first kappa shape index (κ1) is 13.7. The molecular weight excluding hydrogens is 232 g/mol. The van der Waals surface area contributed by atoms with E-state index in [9.17, 15) is 9.59 Å². The third-order valence-corrected chi connectivity index (χ3v) is 1.85. The average molecular weight is 246 g/mol. The summed E-state index contributed by atoms with van der Waals surface area (Å²) in [6.45, 7) is 3.44. The van der Waals surface area contributed by atoms with E-state index in [-0.39, 0.29) is 0 Å². The van der Waals surface area contributed by atoms with E-state index in [4.69, 9.17) is 9.47 Å². The van der Waals surface area contributed by atoms with Crippen molar-refractivity contribution in [3.63, 3.8) is 0 Å². The van der Waals surface area contributed by atoms with E-state index in [0.717, 1.165) is 0 Å². The molecule has 0 atom stereocenters. The highest BCUT2D eigenvalue weighted by molar-refractivity contribution is 5.85. The van der Waals surface area contributed by atoms with E-state index >= 15 is 0 Å². The van der Waals surface area contributed by atoms with E-state index in [1.807, 2.05) is 0 Å². The Bertz CT molecular complexity index is 445. The van der Waals surface area contributed by atoms with Crippen molar-refractivity contribution in [3.8, 4) is 11.5 Å². The van der Waals surface area contributed by atoms with Crippen LogP contribution >= 0.6 is 0 Å². The van der Waals surface area contributed by atoms with Crippen LogP contribution in [-0.4, -0.2) is 11.9 Å². The smallest absolute Gasteiger partial charge is 0.335 e. The molecule has 0 aliphatic carbocycles. The van der Waals surface area contributed by atoms with Crippen LogP contribution in [0.5, 0.6) is 11.5 Å². The molecule has 0 aliphatic rings. The molecule has 0 bridgehead atoms. The van der Waals surface area contributed by atoms with E-state index in [0.29, 0.717) is 11.5 Å². The number of rotatable bonds is 4. The van der Waals surface area contributed by atoms with Crippen molar-refractivity contribution in [3.05, 3.63) is 48.6 Å². The number of allylic oxidation sites excluding steroid dienone is 2. The van der Waals surface area contributed by atoms with Crippen LogP contribution in [-0.2, 0) is 9.59 Å². The molecule has 0 unspecified atom stereocenters. The average Bonchev–Trinajstić information content (AvgIpc) is 2.29. The van der Waals surface area contributed by atoms with Crippen LogP contribution in [0.1, 0.15) is 13.8 Å². The predicted octanol–water partition coefficient (Wildman–Crippen LogP) is 2.65. The van der Waals surface area contributed by atoms with E-state index in [1.54, 1.807) is 44.2 Å². The zero-order valence-corrected chi connectivity index (χ0v) is 10.3. The summed E-state index contributed by atoms with van der Waals surface area (Å²) in [5, 5.41) is 0. The summed E-state index contributed by atoms with van der Waals surface area (Å²) in [4.78, 5) is 22.4. The standard InChI is InChI=1S/C14H14O4/c1-3-6-13(15)17-11-8-5-9-12(10-11)18-14(16)7-4-2/h3-10H,1-2H3/b6-3+,7-4+. The lowest BCUT2D eigenvalue weighted by Gasteiger charge is -2.04. The lowest BCUT2D eigenvalue weighted by Crippen LogP contribution is -2.05. The van der Waals surface area contributed by atoms with Crippen LogP contribution in [0, 0.1) is 0 Å². The summed E-state index contributed by atoms with van der Waals surface area (Å²) in [6.07, 6.45) is 5.77. The molecule has 18 heavy (non-hydrogen) atoms. The number of ether oxygens (including phenoxy) is 2. The molecule has 1 rings (SSSR count). The molecule has 0 aromatic heterocycles. The summed E-state index contributed by atoms with van der Waals surface area (Å²) in [5.74, 6) is -0.309. The minimum absolute atomic E-state index is 0.323. The zero-order chi connectivity index (χ0) is 13.4. The van der Waals surface area contributed by atoms with Crippen LogP contribution in [0.2, 0.25) is 0 Å². The van der Waals surface area contributed by atoms with Crippen LogP contribution < -0.4 is 9.47 Å².